The van der Waals surface area contributed by atoms with Gasteiger partial charge in [0.2, 0.25) is 0 Å². The zero-order valence-electron chi connectivity index (χ0n) is 8.50. The normalized spacial score (nSPS) is 14.1. The first-order valence-electron chi connectivity index (χ1n) is 4.57. The summed E-state index contributed by atoms with van der Waals surface area (Å²) < 4.78 is 11.8. The van der Waals surface area contributed by atoms with Crippen molar-refractivity contribution in [1.29, 1.82) is 0 Å². The molecular formula is C11H17OP. The van der Waals surface area contributed by atoms with Crippen molar-refractivity contribution in [3.05, 3.63) is 35.9 Å². The molecule has 0 heterocycles. The van der Waals surface area contributed by atoms with E-state index < -0.39 is 7.80 Å². The van der Waals surface area contributed by atoms with Gasteiger partial charge in [-0.2, -0.15) is 0 Å². The first kappa shape index (κ1) is 10.5. The third-order valence-electron chi connectivity index (χ3n) is 2.04. The van der Waals surface area contributed by atoms with Gasteiger partial charge >= 0.3 is 0 Å². The Morgan fingerprint density at radius 2 is 1.69 bits per heavy atom. The first-order valence-corrected chi connectivity index (χ1v) is 6.19. The van der Waals surface area contributed by atoms with E-state index in [4.69, 9.17) is 0 Å². The maximum absolute atomic E-state index is 11.8. The molecule has 13 heavy (non-hydrogen) atoms. The summed E-state index contributed by atoms with van der Waals surface area (Å²) in [7, 11) is -1.51. The predicted octanol–water partition coefficient (Wildman–Crippen LogP) is 3.54. The Balaban J connectivity index is 2.66. The molecule has 0 aromatic heterocycles. The van der Waals surface area contributed by atoms with E-state index in [1.54, 1.807) is 0 Å². The molecule has 1 aromatic carbocycles. The molecular weight excluding hydrogens is 179 g/mol. The lowest BCUT2D eigenvalue weighted by Crippen LogP contribution is -2.07. The second kappa shape index (κ2) is 4.11. The second-order valence-electron chi connectivity index (χ2n) is 4.34. The lowest BCUT2D eigenvalue weighted by molar-refractivity contribution is 0.564. The van der Waals surface area contributed by atoms with Crippen LogP contribution in [-0.2, 0) is 10.7 Å². The minimum absolute atomic E-state index is 0.0412. The molecule has 0 saturated carbocycles. The van der Waals surface area contributed by atoms with Crippen LogP contribution >= 0.6 is 7.80 Å². The zero-order valence-corrected chi connectivity index (χ0v) is 9.50. The van der Waals surface area contributed by atoms with Crippen LogP contribution in [0.25, 0.3) is 0 Å². The van der Waals surface area contributed by atoms with Gasteiger partial charge in [-0.3, -0.25) is 0 Å². The highest BCUT2D eigenvalue weighted by Gasteiger charge is 2.18. The van der Waals surface area contributed by atoms with Crippen LogP contribution in [0.1, 0.15) is 26.3 Å². The van der Waals surface area contributed by atoms with E-state index in [9.17, 15) is 4.57 Å². The number of rotatable bonds is 2. The predicted molar refractivity (Wildman–Crippen MR) is 58.9 cm³/mol. The van der Waals surface area contributed by atoms with Gasteiger partial charge < -0.3 is 4.57 Å². The highest BCUT2D eigenvalue weighted by Crippen LogP contribution is 2.40. The van der Waals surface area contributed by atoms with Gasteiger partial charge in [-0.05, 0) is 5.56 Å². The fourth-order valence-electron chi connectivity index (χ4n) is 1.05. The van der Waals surface area contributed by atoms with Gasteiger partial charge in [-0.1, -0.05) is 51.1 Å². The Labute approximate surface area is 81.0 Å². The van der Waals surface area contributed by atoms with Gasteiger partial charge in [-0.15, -0.1) is 0 Å². The Kier molecular flexibility index (Phi) is 3.33. The molecule has 0 radical (unpaired) electrons. The third kappa shape index (κ3) is 3.36. The molecule has 1 nitrogen and oxygen atoms in total. The summed E-state index contributed by atoms with van der Waals surface area (Å²) in [4.78, 5) is 0. The summed E-state index contributed by atoms with van der Waals surface area (Å²) in [5.74, 6) is 0. The van der Waals surface area contributed by atoms with Gasteiger partial charge in [-0.25, -0.2) is 0 Å². The standard InChI is InChI=1S/C11H17OP/c1-11(2,3)13(12)9-10-7-5-4-6-8-10/h4-8,13H,9H2,1-3H3. The van der Waals surface area contributed by atoms with Crippen LogP contribution < -0.4 is 0 Å². The molecule has 0 saturated heterocycles. The maximum Gasteiger partial charge on any atom is 0.0854 e. The number of benzene rings is 1. The number of hydrogen-bond acceptors (Lipinski definition) is 1. The van der Waals surface area contributed by atoms with Crippen LogP contribution in [0.2, 0.25) is 0 Å². The summed E-state index contributed by atoms with van der Waals surface area (Å²) >= 11 is 0. The summed E-state index contributed by atoms with van der Waals surface area (Å²) in [5, 5.41) is -0.0412. The van der Waals surface area contributed by atoms with Crippen molar-refractivity contribution in [3.8, 4) is 0 Å². The van der Waals surface area contributed by atoms with Crippen molar-refractivity contribution in [2.75, 3.05) is 0 Å². The topological polar surface area (TPSA) is 17.1 Å². The average Bonchev–Trinajstić information content (AvgIpc) is 2.04. The van der Waals surface area contributed by atoms with Gasteiger partial charge in [0.15, 0.2) is 0 Å². The van der Waals surface area contributed by atoms with Crippen LogP contribution in [0, 0.1) is 0 Å². The molecule has 1 atom stereocenters. The molecule has 1 rings (SSSR count). The van der Waals surface area contributed by atoms with Crippen LogP contribution in [-0.4, -0.2) is 5.16 Å². The molecule has 0 fully saturated rings. The molecule has 0 aliphatic carbocycles. The van der Waals surface area contributed by atoms with Crippen molar-refractivity contribution < 1.29 is 4.57 Å². The van der Waals surface area contributed by atoms with Crippen molar-refractivity contribution >= 4 is 7.80 Å². The van der Waals surface area contributed by atoms with Crippen molar-refractivity contribution in [2.45, 2.75) is 32.1 Å². The Bertz CT molecular complexity index is 285. The van der Waals surface area contributed by atoms with E-state index in [2.05, 4.69) is 0 Å². The molecule has 0 bridgehead atoms. The van der Waals surface area contributed by atoms with E-state index in [0.717, 1.165) is 6.16 Å². The minimum Gasteiger partial charge on any atom is -0.326 e. The van der Waals surface area contributed by atoms with E-state index in [1.807, 2.05) is 51.1 Å². The molecule has 0 aliphatic heterocycles. The smallest absolute Gasteiger partial charge is 0.0854 e. The van der Waals surface area contributed by atoms with Gasteiger partial charge in [0.25, 0.3) is 0 Å². The second-order valence-corrected chi connectivity index (χ2v) is 7.04. The molecule has 0 spiro atoms. The summed E-state index contributed by atoms with van der Waals surface area (Å²) in [6, 6.07) is 10.0. The van der Waals surface area contributed by atoms with E-state index in [1.165, 1.54) is 5.56 Å². The fraction of sp³-hybridized carbons (Fsp3) is 0.455. The third-order valence-corrected chi connectivity index (χ3v) is 4.45. The minimum atomic E-state index is -1.51. The van der Waals surface area contributed by atoms with Crippen LogP contribution in [0.5, 0.6) is 0 Å². The van der Waals surface area contributed by atoms with Crippen LogP contribution in [0.15, 0.2) is 30.3 Å². The lowest BCUT2D eigenvalue weighted by Gasteiger charge is -2.17. The van der Waals surface area contributed by atoms with Crippen molar-refractivity contribution in [1.82, 2.24) is 0 Å². The highest BCUT2D eigenvalue weighted by atomic mass is 31.1. The highest BCUT2D eigenvalue weighted by molar-refractivity contribution is 7.45. The van der Waals surface area contributed by atoms with Crippen molar-refractivity contribution in [3.63, 3.8) is 0 Å². The summed E-state index contributed by atoms with van der Waals surface area (Å²) in [6.07, 6.45) is 0.731. The largest absolute Gasteiger partial charge is 0.326 e. The quantitative estimate of drug-likeness (QED) is 0.661. The average molecular weight is 196 g/mol. The van der Waals surface area contributed by atoms with E-state index in [-0.39, 0.29) is 5.16 Å². The molecule has 2 heteroatoms. The van der Waals surface area contributed by atoms with E-state index >= 15 is 0 Å². The van der Waals surface area contributed by atoms with Gasteiger partial charge in [0.1, 0.15) is 0 Å². The molecule has 72 valence electrons. The molecule has 0 amide bonds. The van der Waals surface area contributed by atoms with Crippen LogP contribution in [0.3, 0.4) is 0 Å². The SMILES string of the molecule is CC(C)(C)[P@H](=O)Cc1ccccc1. The number of hydrogen-bond donors (Lipinski definition) is 0. The lowest BCUT2D eigenvalue weighted by atomic mass is 10.2. The van der Waals surface area contributed by atoms with Gasteiger partial charge in [0, 0.05) is 11.3 Å². The maximum atomic E-state index is 11.8. The zero-order chi connectivity index (χ0) is 9.90. The molecule has 0 N–H and O–H groups in total. The molecule has 1 aromatic rings. The van der Waals surface area contributed by atoms with E-state index in [0.29, 0.717) is 0 Å². The van der Waals surface area contributed by atoms with Crippen LogP contribution in [0.4, 0.5) is 0 Å². The molecule has 0 aliphatic rings. The first-order chi connectivity index (χ1) is 6.00. The van der Waals surface area contributed by atoms with Crippen molar-refractivity contribution in [2.24, 2.45) is 0 Å². The molecule has 0 unspecified atom stereocenters. The summed E-state index contributed by atoms with van der Waals surface area (Å²) in [6.45, 7) is 6.12. The van der Waals surface area contributed by atoms with Gasteiger partial charge in [0.05, 0.1) is 7.80 Å². The Hall–Kier alpha value is -0.550. The monoisotopic (exact) mass is 196 g/mol. The summed E-state index contributed by atoms with van der Waals surface area (Å²) in [5.41, 5.74) is 1.18. The fourth-order valence-corrected chi connectivity index (χ4v) is 2.18. The Morgan fingerprint density at radius 1 is 1.15 bits per heavy atom. The Morgan fingerprint density at radius 3 is 2.15 bits per heavy atom.